The molecule has 24 heavy (non-hydrogen) atoms. The van der Waals surface area contributed by atoms with E-state index in [1.54, 1.807) is 6.07 Å². The number of hydrogen-bond acceptors (Lipinski definition) is 2. The van der Waals surface area contributed by atoms with Gasteiger partial charge in [-0.25, -0.2) is 4.39 Å². The van der Waals surface area contributed by atoms with Crippen molar-refractivity contribution < 1.29 is 13.9 Å². The number of amides is 1. The van der Waals surface area contributed by atoms with E-state index in [2.05, 4.69) is 0 Å². The second-order valence-electron chi connectivity index (χ2n) is 6.85. The summed E-state index contributed by atoms with van der Waals surface area (Å²) in [5, 5.41) is 0. The van der Waals surface area contributed by atoms with Gasteiger partial charge in [-0.2, -0.15) is 0 Å². The van der Waals surface area contributed by atoms with Gasteiger partial charge in [0.15, 0.2) is 0 Å². The van der Waals surface area contributed by atoms with Crippen LogP contribution in [0.3, 0.4) is 0 Å². The third kappa shape index (κ3) is 4.91. The molecule has 3 nitrogen and oxygen atoms in total. The van der Waals surface area contributed by atoms with E-state index in [1.807, 2.05) is 17.0 Å². The van der Waals surface area contributed by atoms with E-state index in [0.29, 0.717) is 13.1 Å². The van der Waals surface area contributed by atoms with Crippen LogP contribution in [0.4, 0.5) is 4.39 Å². The van der Waals surface area contributed by atoms with Gasteiger partial charge in [-0.05, 0) is 56.2 Å². The molecule has 1 saturated heterocycles. The monoisotopic (exact) mass is 331 g/mol. The summed E-state index contributed by atoms with van der Waals surface area (Å²) in [5.74, 6) is -0.227. The first-order valence-electron chi connectivity index (χ1n) is 9.05. The van der Waals surface area contributed by atoms with Crippen LogP contribution in [-0.2, 0) is 16.1 Å². The number of rotatable bonds is 5. The van der Waals surface area contributed by atoms with Crippen molar-refractivity contribution >= 4 is 5.91 Å². The molecule has 130 valence electrons. The van der Waals surface area contributed by atoms with E-state index < -0.39 is 0 Å². The summed E-state index contributed by atoms with van der Waals surface area (Å²) in [4.78, 5) is 14.6. The molecule has 1 atom stereocenters. The Morgan fingerprint density at radius 3 is 2.79 bits per heavy atom. The maximum atomic E-state index is 13.5. The van der Waals surface area contributed by atoms with E-state index in [1.165, 1.54) is 37.0 Å². The number of allylic oxidation sites excluding steroid dienone is 1. The van der Waals surface area contributed by atoms with Gasteiger partial charge < -0.3 is 9.64 Å². The molecule has 0 bridgehead atoms. The summed E-state index contributed by atoms with van der Waals surface area (Å²) >= 11 is 0. The van der Waals surface area contributed by atoms with Crippen LogP contribution >= 0.6 is 0 Å². The van der Waals surface area contributed by atoms with Gasteiger partial charge in [0.25, 0.3) is 0 Å². The smallest absolute Gasteiger partial charge is 0.246 e. The Labute approximate surface area is 143 Å². The number of benzene rings is 1. The Morgan fingerprint density at radius 2 is 2.08 bits per heavy atom. The van der Waals surface area contributed by atoms with E-state index >= 15 is 0 Å². The fourth-order valence-electron chi connectivity index (χ4n) is 3.54. The lowest BCUT2D eigenvalue weighted by Gasteiger charge is -2.25. The van der Waals surface area contributed by atoms with Crippen LogP contribution in [0, 0.1) is 5.82 Å². The summed E-state index contributed by atoms with van der Waals surface area (Å²) in [7, 11) is 0. The van der Waals surface area contributed by atoms with Crippen LogP contribution in [0.25, 0.3) is 0 Å². The minimum absolute atomic E-state index is 0.0339. The quantitative estimate of drug-likeness (QED) is 0.756. The minimum Gasteiger partial charge on any atom is -0.376 e. The zero-order valence-corrected chi connectivity index (χ0v) is 14.2. The molecule has 2 fully saturated rings. The average molecular weight is 331 g/mol. The van der Waals surface area contributed by atoms with Crippen LogP contribution in [0.5, 0.6) is 0 Å². The van der Waals surface area contributed by atoms with Crippen molar-refractivity contribution in [2.75, 3.05) is 13.2 Å². The Kier molecular flexibility index (Phi) is 6.02. The molecule has 0 radical (unpaired) electrons. The Morgan fingerprint density at radius 1 is 1.25 bits per heavy atom. The highest BCUT2D eigenvalue weighted by Crippen LogP contribution is 2.23. The number of ether oxygens (including phenoxy) is 1. The molecule has 4 heteroatoms. The number of halogens is 1. The zero-order valence-electron chi connectivity index (χ0n) is 14.2. The predicted octanol–water partition coefficient (Wildman–Crippen LogP) is 4.22. The Bertz CT molecular complexity index is 585. The van der Waals surface area contributed by atoms with Gasteiger partial charge in [-0.15, -0.1) is 0 Å². The topological polar surface area (TPSA) is 29.5 Å². The van der Waals surface area contributed by atoms with Gasteiger partial charge in [0.05, 0.1) is 6.10 Å². The number of carbonyl (C=O) groups excluding carboxylic acids is 1. The lowest BCUT2D eigenvalue weighted by Crippen LogP contribution is -2.36. The highest BCUT2D eigenvalue weighted by Gasteiger charge is 2.22. The van der Waals surface area contributed by atoms with Crippen molar-refractivity contribution in [3.05, 3.63) is 47.3 Å². The average Bonchev–Trinajstić information content (AvgIpc) is 3.08. The zero-order chi connectivity index (χ0) is 16.8. The van der Waals surface area contributed by atoms with E-state index in [4.69, 9.17) is 4.74 Å². The molecule has 1 aliphatic carbocycles. The molecule has 1 amide bonds. The molecular formula is C20H26FNO2. The standard InChI is InChI=1S/C20H26FNO2/c21-18-9-4-8-17(12-18)14-22(15-19-10-5-11-24-19)20(23)13-16-6-2-1-3-7-16/h4,8-9,12-13,19H,1-3,5-7,10-11,14-15H2. The van der Waals surface area contributed by atoms with Gasteiger partial charge in [-0.1, -0.05) is 24.1 Å². The molecule has 0 aromatic heterocycles. The van der Waals surface area contributed by atoms with Crippen LogP contribution < -0.4 is 0 Å². The van der Waals surface area contributed by atoms with Crippen molar-refractivity contribution in [1.29, 1.82) is 0 Å². The first-order chi connectivity index (χ1) is 11.7. The minimum atomic E-state index is -0.261. The molecule has 3 rings (SSSR count). The third-order valence-electron chi connectivity index (χ3n) is 4.85. The third-order valence-corrected chi connectivity index (χ3v) is 4.85. The molecule has 0 N–H and O–H groups in total. The first-order valence-corrected chi connectivity index (χ1v) is 9.05. The summed E-state index contributed by atoms with van der Waals surface area (Å²) in [6.07, 6.45) is 9.62. The summed E-state index contributed by atoms with van der Waals surface area (Å²) in [6, 6.07) is 6.49. The molecule has 0 spiro atoms. The maximum absolute atomic E-state index is 13.5. The van der Waals surface area contributed by atoms with Crippen LogP contribution in [-0.4, -0.2) is 30.1 Å². The van der Waals surface area contributed by atoms with Crippen molar-refractivity contribution in [1.82, 2.24) is 4.90 Å². The predicted molar refractivity (Wildman–Crippen MR) is 92.0 cm³/mol. The van der Waals surface area contributed by atoms with Crippen molar-refractivity contribution in [2.45, 2.75) is 57.6 Å². The normalized spacial score (nSPS) is 20.9. The number of hydrogen-bond donors (Lipinski definition) is 0. The first kappa shape index (κ1) is 17.2. The van der Waals surface area contributed by atoms with Crippen molar-refractivity contribution in [3.8, 4) is 0 Å². The summed E-state index contributed by atoms with van der Waals surface area (Å²) < 4.78 is 19.2. The van der Waals surface area contributed by atoms with Crippen molar-refractivity contribution in [2.24, 2.45) is 0 Å². The highest BCUT2D eigenvalue weighted by atomic mass is 19.1. The Hall–Kier alpha value is -1.68. The van der Waals surface area contributed by atoms with E-state index in [-0.39, 0.29) is 17.8 Å². The number of nitrogens with zero attached hydrogens (tertiary/aromatic N) is 1. The molecule has 1 saturated carbocycles. The molecular weight excluding hydrogens is 305 g/mol. The summed E-state index contributed by atoms with van der Waals surface area (Å²) in [5.41, 5.74) is 2.08. The maximum Gasteiger partial charge on any atom is 0.246 e. The van der Waals surface area contributed by atoms with Crippen LogP contribution in [0.2, 0.25) is 0 Å². The van der Waals surface area contributed by atoms with Gasteiger partial charge in [-0.3, -0.25) is 4.79 Å². The molecule has 2 aliphatic rings. The molecule has 1 unspecified atom stereocenters. The summed E-state index contributed by atoms with van der Waals surface area (Å²) in [6.45, 7) is 1.78. The SMILES string of the molecule is O=C(C=C1CCCCC1)N(Cc1cccc(F)c1)CC1CCCO1. The molecule has 1 aliphatic heterocycles. The molecule has 1 heterocycles. The highest BCUT2D eigenvalue weighted by molar-refractivity contribution is 5.88. The lowest BCUT2D eigenvalue weighted by molar-refractivity contribution is -0.128. The van der Waals surface area contributed by atoms with Crippen molar-refractivity contribution in [3.63, 3.8) is 0 Å². The van der Waals surface area contributed by atoms with Gasteiger partial charge >= 0.3 is 0 Å². The second kappa shape index (κ2) is 8.43. The lowest BCUT2D eigenvalue weighted by atomic mass is 9.94. The fraction of sp³-hybridized carbons (Fsp3) is 0.550. The van der Waals surface area contributed by atoms with Gasteiger partial charge in [0, 0.05) is 25.8 Å². The fourth-order valence-corrected chi connectivity index (χ4v) is 3.54. The second-order valence-corrected chi connectivity index (χ2v) is 6.85. The molecule has 1 aromatic rings. The Balaban J connectivity index is 1.71. The van der Waals surface area contributed by atoms with E-state index in [0.717, 1.165) is 37.9 Å². The van der Waals surface area contributed by atoms with E-state index in [9.17, 15) is 9.18 Å². The number of carbonyl (C=O) groups is 1. The van der Waals surface area contributed by atoms with Crippen LogP contribution in [0.1, 0.15) is 50.5 Å². The van der Waals surface area contributed by atoms with Crippen LogP contribution in [0.15, 0.2) is 35.9 Å². The van der Waals surface area contributed by atoms with Gasteiger partial charge in [0.1, 0.15) is 5.82 Å². The largest absolute Gasteiger partial charge is 0.376 e. The van der Waals surface area contributed by atoms with Gasteiger partial charge in [0.2, 0.25) is 5.91 Å². The molecule has 1 aromatic carbocycles.